The Balaban J connectivity index is 1.33. The Morgan fingerprint density at radius 3 is 1.90 bits per heavy atom. The van der Waals surface area contributed by atoms with E-state index in [1.54, 1.807) is 0 Å². The number of thiophene rings is 1. The number of benzene rings is 8. The quantitative estimate of drug-likeness (QED) is 0.165. The van der Waals surface area contributed by atoms with Gasteiger partial charge >= 0.3 is 6.85 Å². The third-order valence-electron chi connectivity index (χ3n) is 12.5. The molecule has 0 fully saturated rings. The van der Waals surface area contributed by atoms with Gasteiger partial charge in [-0.3, -0.25) is 0 Å². The lowest BCUT2D eigenvalue weighted by atomic mass is 9.42. The summed E-state index contributed by atoms with van der Waals surface area (Å²) < 4.78 is 2.64. The largest absolute Gasteiger partial charge is 0.376 e. The van der Waals surface area contributed by atoms with Crippen LogP contribution in [0.2, 0.25) is 0 Å². The lowest BCUT2D eigenvalue weighted by Gasteiger charge is -2.47. The van der Waals surface area contributed by atoms with Crippen molar-refractivity contribution in [2.24, 2.45) is 0 Å². The van der Waals surface area contributed by atoms with Crippen LogP contribution < -0.4 is 20.6 Å². The number of anilines is 5. The Kier molecular flexibility index (Phi) is 7.69. The molecular formula is C54H45BN2S. The minimum Gasteiger partial charge on any atom is -0.376 e. The summed E-state index contributed by atoms with van der Waals surface area (Å²) in [5.41, 5.74) is 16.5. The van der Waals surface area contributed by atoms with E-state index in [0.717, 1.165) is 0 Å². The van der Waals surface area contributed by atoms with Crippen LogP contribution in [0.15, 0.2) is 164 Å². The smallest absolute Gasteiger partial charge is 0.333 e. The number of para-hydroxylation sites is 1. The van der Waals surface area contributed by atoms with Gasteiger partial charge in [0.2, 0.25) is 0 Å². The number of nitrogens with zero attached hydrogens (tertiary/aromatic N) is 2. The second-order valence-corrected chi connectivity index (χ2v) is 19.2. The van der Waals surface area contributed by atoms with E-state index in [0.29, 0.717) is 0 Å². The minimum absolute atomic E-state index is 0.0231. The Bertz CT molecular complexity index is 3090. The lowest BCUT2D eigenvalue weighted by molar-refractivity contribution is 0.590. The molecule has 0 spiro atoms. The highest BCUT2D eigenvalue weighted by Gasteiger charge is 2.47. The van der Waals surface area contributed by atoms with E-state index in [9.17, 15) is 0 Å². The molecule has 2 aliphatic heterocycles. The van der Waals surface area contributed by atoms with Gasteiger partial charge in [0, 0.05) is 43.3 Å². The summed E-state index contributed by atoms with van der Waals surface area (Å²) in [6, 6.07) is 61.9. The fourth-order valence-corrected chi connectivity index (χ4v) is 10.8. The van der Waals surface area contributed by atoms with Crippen molar-refractivity contribution < 1.29 is 0 Å². The summed E-state index contributed by atoms with van der Waals surface area (Å²) in [6.45, 7) is 13.8. The van der Waals surface area contributed by atoms with Gasteiger partial charge in [0.05, 0.1) is 5.69 Å². The maximum absolute atomic E-state index is 2.68. The average molecular weight is 765 g/mol. The molecule has 0 radical (unpaired) electrons. The van der Waals surface area contributed by atoms with Crippen molar-refractivity contribution in [1.29, 1.82) is 0 Å². The molecule has 280 valence electrons. The van der Waals surface area contributed by atoms with Gasteiger partial charge in [0.15, 0.2) is 0 Å². The van der Waals surface area contributed by atoms with Crippen LogP contribution in [0.4, 0.5) is 28.4 Å². The fraction of sp³-hybridized carbons (Fsp3) is 0.148. The molecule has 0 N–H and O–H groups in total. The van der Waals surface area contributed by atoms with Crippen LogP contribution in [-0.2, 0) is 10.8 Å². The van der Waals surface area contributed by atoms with Crippen molar-refractivity contribution in [1.82, 2.24) is 0 Å². The molecule has 58 heavy (non-hydrogen) atoms. The molecule has 2 nitrogen and oxygen atoms in total. The van der Waals surface area contributed by atoms with Crippen LogP contribution in [-0.4, -0.2) is 6.85 Å². The zero-order chi connectivity index (χ0) is 39.5. The molecule has 0 unspecified atom stereocenters. The third-order valence-corrected chi connectivity index (χ3v) is 13.7. The van der Waals surface area contributed by atoms with Crippen molar-refractivity contribution in [3.8, 4) is 22.3 Å². The first-order valence-corrected chi connectivity index (χ1v) is 21.4. The van der Waals surface area contributed by atoms with Gasteiger partial charge in [-0.05, 0) is 120 Å². The van der Waals surface area contributed by atoms with E-state index in [-0.39, 0.29) is 17.7 Å². The molecular weight excluding hydrogens is 719 g/mol. The van der Waals surface area contributed by atoms with Crippen molar-refractivity contribution in [3.63, 3.8) is 0 Å². The van der Waals surface area contributed by atoms with Crippen LogP contribution in [0.25, 0.3) is 53.2 Å². The first kappa shape index (κ1) is 35.1. The molecule has 0 aliphatic carbocycles. The third kappa shape index (κ3) is 5.24. The van der Waals surface area contributed by atoms with Crippen LogP contribution in [0.5, 0.6) is 0 Å². The molecule has 0 saturated carbocycles. The van der Waals surface area contributed by atoms with Gasteiger partial charge in [0.25, 0.3) is 0 Å². The monoisotopic (exact) mass is 764 g/mol. The van der Waals surface area contributed by atoms with Gasteiger partial charge in [-0.2, -0.15) is 0 Å². The van der Waals surface area contributed by atoms with Crippen molar-refractivity contribution in [2.45, 2.75) is 52.4 Å². The fourth-order valence-electron chi connectivity index (χ4n) is 9.69. The van der Waals surface area contributed by atoms with E-state index < -0.39 is 0 Å². The van der Waals surface area contributed by atoms with Crippen molar-refractivity contribution >= 4 is 88.5 Å². The normalized spacial score (nSPS) is 13.6. The molecule has 0 amide bonds. The lowest BCUT2D eigenvalue weighted by Crippen LogP contribution is -2.61. The maximum Gasteiger partial charge on any atom is 0.333 e. The topological polar surface area (TPSA) is 6.48 Å². The SMILES string of the molecule is CC(C)(C)c1ccc(N2B3c4c(cc5ccccc5c4-c4cc(C(C)(C)C)ccc42)N(c2ccccc2-c2ccccc2)c2ccc4sc5ccccc5c4c23)cc1. The molecule has 0 bridgehead atoms. The van der Waals surface area contributed by atoms with E-state index >= 15 is 0 Å². The van der Waals surface area contributed by atoms with E-state index in [1.807, 2.05) is 11.3 Å². The number of fused-ring (bicyclic) bond motifs is 10. The van der Waals surface area contributed by atoms with E-state index in [1.165, 1.54) is 104 Å². The summed E-state index contributed by atoms with van der Waals surface area (Å²) in [5, 5.41) is 5.21. The first-order valence-electron chi connectivity index (χ1n) is 20.6. The average Bonchev–Trinajstić information content (AvgIpc) is 3.62. The summed E-state index contributed by atoms with van der Waals surface area (Å²) in [4.78, 5) is 5.28. The second kappa shape index (κ2) is 12.7. The van der Waals surface area contributed by atoms with Gasteiger partial charge in [-0.25, -0.2) is 0 Å². The number of hydrogen-bond acceptors (Lipinski definition) is 3. The van der Waals surface area contributed by atoms with Crippen LogP contribution >= 0.6 is 11.3 Å². The Morgan fingerprint density at radius 2 is 1.12 bits per heavy atom. The Morgan fingerprint density at radius 1 is 0.466 bits per heavy atom. The second-order valence-electron chi connectivity index (χ2n) is 18.1. The molecule has 1 aromatic heterocycles. The summed E-state index contributed by atoms with van der Waals surface area (Å²) in [6.07, 6.45) is 0. The van der Waals surface area contributed by atoms with Crippen LogP contribution in [0.3, 0.4) is 0 Å². The van der Waals surface area contributed by atoms with Crippen LogP contribution in [0.1, 0.15) is 52.7 Å². The highest BCUT2D eigenvalue weighted by molar-refractivity contribution is 7.26. The van der Waals surface area contributed by atoms with Gasteiger partial charge in [-0.1, -0.05) is 151 Å². The molecule has 4 heteroatoms. The molecule has 2 aliphatic rings. The number of hydrogen-bond donors (Lipinski definition) is 0. The first-order chi connectivity index (χ1) is 28.1. The zero-order valence-corrected chi connectivity index (χ0v) is 34.8. The van der Waals surface area contributed by atoms with Gasteiger partial charge in [-0.15, -0.1) is 11.3 Å². The van der Waals surface area contributed by atoms with Gasteiger partial charge < -0.3 is 9.71 Å². The van der Waals surface area contributed by atoms with Crippen LogP contribution in [0, 0.1) is 0 Å². The zero-order valence-electron chi connectivity index (χ0n) is 34.0. The summed E-state index contributed by atoms with van der Waals surface area (Å²) in [5.74, 6) is 0. The highest BCUT2D eigenvalue weighted by atomic mass is 32.1. The molecule has 11 rings (SSSR count). The van der Waals surface area contributed by atoms with Crippen molar-refractivity contribution in [2.75, 3.05) is 9.71 Å². The van der Waals surface area contributed by atoms with E-state index in [2.05, 4.69) is 215 Å². The molecule has 3 heterocycles. The standard InChI is InChI=1S/C54H45BN2S/c1-53(2,3)36-24-27-38(28-25-36)57-44-29-26-37(54(4,5)6)33-42(44)49-40-20-11-10-18-35(40)32-46-52(49)55(57)51-45(30-31-48-50(51)41-21-13-15-23-47(41)58-48)56(46)43-22-14-12-19-39(43)34-16-8-7-9-17-34/h7-33H,1-6H3. The summed E-state index contributed by atoms with van der Waals surface area (Å²) >= 11 is 1.91. The van der Waals surface area contributed by atoms with Gasteiger partial charge in [0.1, 0.15) is 0 Å². The predicted molar refractivity (Wildman–Crippen MR) is 253 cm³/mol. The highest BCUT2D eigenvalue weighted by Crippen LogP contribution is 2.52. The minimum atomic E-state index is -0.0973. The predicted octanol–water partition coefficient (Wildman–Crippen LogP) is 14.2. The summed E-state index contributed by atoms with van der Waals surface area (Å²) in [7, 11) is 0. The van der Waals surface area contributed by atoms with Crippen molar-refractivity contribution in [3.05, 3.63) is 175 Å². The maximum atomic E-state index is 2.68. The molecule has 0 atom stereocenters. The Hall–Kier alpha value is -6.10. The molecule has 0 saturated heterocycles. The molecule has 9 aromatic rings. The Labute approximate surface area is 346 Å². The number of rotatable bonds is 3. The van der Waals surface area contributed by atoms with E-state index in [4.69, 9.17) is 0 Å². The molecule has 8 aromatic carbocycles.